The van der Waals surface area contributed by atoms with Crippen LogP contribution in [0.15, 0.2) is 12.2 Å². The van der Waals surface area contributed by atoms with Crippen molar-refractivity contribution in [1.29, 1.82) is 5.26 Å². The molecule has 1 atom stereocenters. The van der Waals surface area contributed by atoms with Gasteiger partial charge in [-0.25, -0.2) is 4.79 Å². The van der Waals surface area contributed by atoms with Crippen molar-refractivity contribution in [1.82, 2.24) is 0 Å². The van der Waals surface area contributed by atoms with E-state index in [2.05, 4.69) is 0 Å². The van der Waals surface area contributed by atoms with Crippen LogP contribution in [0.2, 0.25) is 0 Å². The average Bonchev–Trinajstić information content (AvgIpc) is 2.13. The Labute approximate surface area is 113 Å². The van der Waals surface area contributed by atoms with Gasteiger partial charge in [0.2, 0.25) is 0 Å². The van der Waals surface area contributed by atoms with Gasteiger partial charge in [-0.3, -0.25) is 4.79 Å². The standard InChI is InChI=1S/C14H21NO4/c1-13(2,3)19-11(16)7-6-8-14(4,5)10(9-15)12(17)18/h6-7,10H,8H2,1-5H3,(H,17,18)/b7-6-. The minimum Gasteiger partial charge on any atom is -0.480 e. The molecule has 19 heavy (non-hydrogen) atoms. The maximum atomic E-state index is 11.4. The molecule has 0 fully saturated rings. The van der Waals surface area contributed by atoms with Crippen molar-refractivity contribution in [2.75, 3.05) is 0 Å². The molecular weight excluding hydrogens is 246 g/mol. The lowest BCUT2D eigenvalue weighted by Gasteiger charge is -2.25. The fourth-order valence-corrected chi connectivity index (χ4v) is 1.48. The minimum atomic E-state index is -1.15. The smallest absolute Gasteiger partial charge is 0.330 e. The third-order valence-corrected chi connectivity index (χ3v) is 2.46. The number of carbonyl (C=O) groups excluding carboxylic acids is 1. The van der Waals surface area contributed by atoms with E-state index in [1.807, 2.05) is 0 Å². The summed E-state index contributed by atoms with van der Waals surface area (Å²) in [6.07, 6.45) is 3.11. The highest BCUT2D eigenvalue weighted by Crippen LogP contribution is 2.31. The molecule has 0 saturated heterocycles. The Bertz CT molecular complexity index is 410. The molecule has 0 rings (SSSR count). The second-order valence-corrected chi connectivity index (χ2v) is 6.03. The molecule has 0 bridgehead atoms. The topological polar surface area (TPSA) is 87.4 Å². The highest BCUT2D eigenvalue weighted by Gasteiger charge is 2.34. The Balaban J connectivity index is 4.59. The van der Waals surface area contributed by atoms with Gasteiger partial charge < -0.3 is 9.84 Å². The normalized spacial score (nSPS) is 13.9. The van der Waals surface area contributed by atoms with Crippen LogP contribution in [0.25, 0.3) is 0 Å². The molecule has 0 aliphatic carbocycles. The molecule has 0 aromatic carbocycles. The Hall–Kier alpha value is -1.83. The van der Waals surface area contributed by atoms with Gasteiger partial charge in [0.15, 0.2) is 0 Å². The van der Waals surface area contributed by atoms with E-state index in [9.17, 15) is 9.59 Å². The van der Waals surface area contributed by atoms with E-state index in [1.165, 1.54) is 6.08 Å². The summed E-state index contributed by atoms with van der Waals surface area (Å²) in [6, 6.07) is 1.77. The zero-order chi connectivity index (χ0) is 15.3. The number of carboxylic acids is 1. The summed E-state index contributed by atoms with van der Waals surface area (Å²) in [6.45, 7) is 8.64. The molecule has 0 aliphatic rings. The maximum absolute atomic E-state index is 11.4. The van der Waals surface area contributed by atoms with E-state index < -0.39 is 28.9 Å². The van der Waals surface area contributed by atoms with Crippen LogP contribution in [0.5, 0.6) is 0 Å². The third-order valence-electron chi connectivity index (χ3n) is 2.46. The number of allylic oxidation sites excluding steroid dienone is 1. The second kappa shape index (κ2) is 6.37. The number of hydrogen-bond donors (Lipinski definition) is 1. The lowest BCUT2D eigenvalue weighted by molar-refractivity contribution is -0.148. The summed E-state index contributed by atoms with van der Waals surface area (Å²) in [5.74, 6) is -2.75. The maximum Gasteiger partial charge on any atom is 0.330 e. The van der Waals surface area contributed by atoms with Crippen molar-refractivity contribution in [2.24, 2.45) is 11.3 Å². The van der Waals surface area contributed by atoms with E-state index in [-0.39, 0.29) is 0 Å². The number of rotatable bonds is 5. The fourth-order valence-electron chi connectivity index (χ4n) is 1.48. The Morgan fingerprint density at radius 1 is 1.32 bits per heavy atom. The first kappa shape index (κ1) is 17.2. The van der Waals surface area contributed by atoms with E-state index in [0.29, 0.717) is 6.42 Å². The number of esters is 1. The SMILES string of the molecule is CC(C)(C)OC(=O)/C=C\CC(C)(C)C(C#N)C(=O)O. The molecule has 0 aromatic rings. The zero-order valence-electron chi connectivity index (χ0n) is 12.1. The predicted molar refractivity (Wildman–Crippen MR) is 70.1 cm³/mol. The lowest BCUT2D eigenvalue weighted by Crippen LogP contribution is -2.29. The highest BCUT2D eigenvalue weighted by molar-refractivity contribution is 5.82. The molecule has 5 nitrogen and oxygen atoms in total. The first-order chi connectivity index (χ1) is 8.49. The van der Waals surface area contributed by atoms with Gasteiger partial charge in [0.1, 0.15) is 11.5 Å². The van der Waals surface area contributed by atoms with Crippen molar-refractivity contribution in [3.63, 3.8) is 0 Å². The van der Waals surface area contributed by atoms with E-state index in [1.54, 1.807) is 46.8 Å². The van der Waals surface area contributed by atoms with Gasteiger partial charge in [-0.05, 0) is 32.6 Å². The summed E-state index contributed by atoms with van der Waals surface area (Å²) in [5.41, 5.74) is -1.31. The largest absolute Gasteiger partial charge is 0.480 e. The van der Waals surface area contributed by atoms with E-state index in [0.717, 1.165) is 0 Å². The van der Waals surface area contributed by atoms with Crippen LogP contribution in [-0.4, -0.2) is 22.6 Å². The second-order valence-electron chi connectivity index (χ2n) is 6.03. The number of aliphatic carboxylic acids is 1. The molecule has 1 N–H and O–H groups in total. The van der Waals surface area contributed by atoms with Crippen LogP contribution in [0.1, 0.15) is 41.0 Å². The molecule has 0 amide bonds. The van der Waals surface area contributed by atoms with E-state index >= 15 is 0 Å². The van der Waals surface area contributed by atoms with Crippen molar-refractivity contribution >= 4 is 11.9 Å². The summed E-state index contributed by atoms with van der Waals surface area (Å²) in [5, 5.41) is 17.8. The van der Waals surface area contributed by atoms with Crippen molar-refractivity contribution in [2.45, 2.75) is 46.6 Å². The van der Waals surface area contributed by atoms with Gasteiger partial charge in [-0.15, -0.1) is 0 Å². The summed E-state index contributed by atoms with van der Waals surface area (Å²) >= 11 is 0. The minimum absolute atomic E-state index is 0.302. The first-order valence-electron chi connectivity index (χ1n) is 6.01. The van der Waals surface area contributed by atoms with Crippen LogP contribution in [-0.2, 0) is 14.3 Å². The fraction of sp³-hybridized carbons (Fsp3) is 0.643. The summed E-state index contributed by atoms with van der Waals surface area (Å²) < 4.78 is 5.08. The van der Waals surface area contributed by atoms with Crippen LogP contribution < -0.4 is 0 Å². The lowest BCUT2D eigenvalue weighted by atomic mass is 9.77. The zero-order valence-corrected chi connectivity index (χ0v) is 12.1. The van der Waals surface area contributed by atoms with Gasteiger partial charge in [0.25, 0.3) is 0 Å². The van der Waals surface area contributed by atoms with Gasteiger partial charge in [0.05, 0.1) is 6.07 Å². The quantitative estimate of drug-likeness (QED) is 0.611. The van der Waals surface area contributed by atoms with Gasteiger partial charge in [-0.2, -0.15) is 5.26 Å². The summed E-state index contributed by atoms with van der Waals surface area (Å²) in [7, 11) is 0. The number of nitrogens with zero attached hydrogens (tertiary/aromatic N) is 1. The van der Waals surface area contributed by atoms with Gasteiger partial charge >= 0.3 is 11.9 Å². The van der Waals surface area contributed by atoms with Crippen LogP contribution >= 0.6 is 0 Å². The molecule has 0 spiro atoms. The first-order valence-corrected chi connectivity index (χ1v) is 6.01. The third kappa shape index (κ3) is 6.61. The number of carboxylic acid groups (broad SMARTS) is 1. The van der Waals surface area contributed by atoms with Crippen LogP contribution in [0.3, 0.4) is 0 Å². The Morgan fingerprint density at radius 2 is 1.84 bits per heavy atom. The van der Waals surface area contributed by atoms with Crippen molar-refractivity contribution in [3.05, 3.63) is 12.2 Å². The van der Waals surface area contributed by atoms with Crippen LogP contribution in [0.4, 0.5) is 0 Å². The molecule has 106 valence electrons. The van der Waals surface area contributed by atoms with Gasteiger partial charge in [-0.1, -0.05) is 19.9 Å². The Kier molecular flexibility index (Phi) is 5.76. The van der Waals surface area contributed by atoms with Gasteiger partial charge in [0, 0.05) is 6.08 Å². The van der Waals surface area contributed by atoms with Crippen molar-refractivity contribution in [3.8, 4) is 6.07 Å². The number of hydrogen-bond acceptors (Lipinski definition) is 4. The number of carbonyl (C=O) groups is 2. The Morgan fingerprint density at radius 3 is 2.21 bits per heavy atom. The molecule has 0 radical (unpaired) electrons. The molecule has 1 unspecified atom stereocenters. The molecule has 0 heterocycles. The molecule has 5 heteroatoms. The van der Waals surface area contributed by atoms with Crippen molar-refractivity contribution < 1.29 is 19.4 Å². The van der Waals surface area contributed by atoms with Crippen LogP contribution in [0, 0.1) is 22.7 Å². The molecule has 0 aliphatic heterocycles. The van der Waals surface area contributed by atoms with E-state index in [4.69, 9.17) is 15.1 Å². The highest BCUT2D eigenvalue weighted by atomic mass is 16.6. The number of ether oxygens (including phenoxy) is 1. The number of nitriles is 1. The molecule has 0 aromatic heterocycles. The monoisotopic (exact) mass is 267 g/mol. The molecule has 0 saturated carbocycles. The summed E-state index contributed by atoms with van der Waals surface area (Å²) in [4.78, 5) is 22.4. The predicted octanol–water partition coefficient (Wildman–Crippen LogP) is 2.52. The average molecular weight is 267 g/mol. The molecular formula is C14H21NO4.